The van der Waals surface area contributed by atoms with Gasteiger partial charge in [-0.1, -0.05) is 13.2 Å². The topological polar surface area (TPSA) is 182 Å². The van der Waals surface area contributed by atoms with Gasteiger partial charge in [0.05, 0.1) is 13.1 Å². The highest BCUT2D eigenvalue weighted by molar-refractivity contribution is 5.89. The molecule has 2 unspecified atom stereocenters. The van der Waals surface area contributed by atoms with Crippen LogP contribution >= 0.6 is 0 Å². The molecule has 14 heteroatoms. The molecule has 0 saturated carbocycles. The molecule has 2 heterocycles. The Morgan fingerprint density at radius 1 is 0.765 bits per heavy atom. The summed E-state index contributed by atoms with van der Waals surface area (Å²) in [6, 6.07) is 0. The summed E-state index contributed by atoms with van der Waals surface area (Å²) in [6.07, 6.45) is -7.97. The number of fused-ring (bicyclic) bond motifs is 1. The van der Waals surface area contributed by atoms with Gasteiger partial charge in [0.15, 0.2) is 12.2 Å². The molecule has 0 aromatic heterocycles. The number of hydrogen-bond acceptors (Lipinski definition) is 12. The second-order valence-electron chi connectivity index (χ2n) is 7.14. The van der Waals surface area contributed by atoms with Crippen LogP contribution < -0.4 is 10.6 Å². The van der Waals surface area contributed by atoms with E-state index in [1.807, 2.05) is 0 Å². The number of carbonyl (C=O) groups excluding carboxylic acids is 6. The van der Waals surface area contributed by atoms with Crippen molar-refractivity contribution in [2.75, 3.05) is 26.3 Å². The van der Waals surface area contributed by atoms with Gasteiger partial charge in [-0.2, -0.15) is 0 Å². The van der Waals surface area contributed by atoms with Gasteiger partial charge in [-0.05, 0) is 13.8 Å². The number of hydrogen-bond donors (Lipinski definition) is 2. The average Bonchev–Trinajstić information content (AvgIpc) is 3.22. The minimum Gasteiger partial charge on any atom is -0.460 e. The zero-order valence-corrected chi connectivity index (χ0v) is 18.5. The fourth-order valence-electron chi connectivity index (χ4n) is 2.66. The summed E-state index contributed by atoms with van der Waals surface area (Å²) in [4.78, 5) is 70.5. The van der Waals surface area contributed by atoms with Gasteiger partial charge in [0.25, 0.3) is 0 Å². The van der Waals surface area contributed by atoms with Crippen LogP contribution in [0.4, 0.5) is 9.59 Å². The molecule has 2 aliphatic heterocycles. The Balaban J connectivity index is 1.79. The molecule has 0 radical (unpaired) electrons. The molecule has 2 aliphatic rings. The van der Waals surface area contributed by atoms with Gasteiger partial charge in [-0.3, -0.25) is 0 Å². The molecule has 0 aliphatic carbocycles. The second-order valence-corrected chi connectivity index (χ2v) is 7.14. The van der Waals surface area contributed by atoms with E-state index < -0.39 is 60.5 Å². The van der Waals surface area contributed by atoms with Gasteiger partial charge in [0.1, 0.15) is 13.2 Å². The Morgan fingerprint density at radius 3 is 1.44 bits per heavy atom. The molecule has 0 spiro atoms. The number of alkyl carbamates (subject to hydrolysis) is 2. The minimum atomic E-state index is -1.59. The highest BCUT2D eigenvalue weighted by Crippen LogP contribution is 2.32. The molecular weight excluding hydrogens is 460 g/mol. The van der Waals surface area contributed by atoms with E-state index in [0.717, 1.165) is 0 Å². The molecule has 14 nitrogen and oxygen atoms in total. The van der Waals surface area contributed by atoms with Crippen molar-refractivity contribution in [3.63, 3.8) is 0 Å². The van der Waals surface area contributed by atoms with Crippen molar-refractivity contribution >= 4 is 36.1 Å². The molecule has 2 amide bonds. The highest BCUT2D eigenvalue weighted by atomic mass is 16.7. The third kappa shape index (κ3) is 6.95. The van der Waals surface area contributed by atoms with Crippen LogP contribution in [0, 0.1) is 0 Å². The van der Waals surface area contributed by atoms with Crippen LogP contribution in [0.2, 0.25) is 0 Å². The number of rotatable bonds is 10. The lowest BCUT2D eigenvalue weighted by Crippen LogP contribution is -2.40. The quantitative estimate of drug-likeness (QED) is 0.172. The summed E-state index contributed by atoms with van der Waals surface area (Å²) in [5, 5.41) is 4.50. The summed E-state index contributed by atoms with van der Waals surface area (Å²) in [5.74, 6) is -3.30. The van der Waals surface area contributed by atoms with Crippen molar-refractivity contribution in [2.24, 2.45) is 0 Å². The van der Waals surface area contributed by atoms with Crippen molar-refractivity contribution < 1.29 is 57.2 Å². The molecule has 2 fully saturated rings. The molecule has 2 saturated heterocycles. The second kappa shape index (κ2) is 11.7. The Labute approximate surface area is 193 Å². The molecule has 2 N–H and O–H groups in total. The molecular formula is C20H24N2O12. The van der Waals surface area contributed by atoms with E-state index in [9.17, 15) is 28.8 Å². The number of ether oxygens (including phenoxy) is 6. The fourth-order valence-corrected chi connectivity index (χ4v) is 2.66. The summed E-state index contributed by atoms with van der Waals surface area (Å²) >= 11 is 0. The predicted molar refractivity (Wildman–Crippen MR) is 108 cm³/mol. The lowest BCUT2D eigenvalue weighted by Gasteiger charge is -2.14. The molecule has 0 aromatic carbocycles. The van der Waals surface area contributed by atoms with Crippen LogP contribution in [0.25, 0.3) is 0 Å². The van der Waals surface area contributed by atoms with Crippen LogP contribution in [0.3, 0.4) is 0 Å². The zero-order valence-electron chi connectivity index (χ0n) is 18.5. The largest absolute Gasteiger partial charge is 0.460 e. The first kappa shape index (κ1) is 26.2. The van der Waals surface area contributed by atoms with Crippen molar-refractivity contribution in [1.29, 1.82) is 0 Å². The summed E-state index contributed by atoms with van der Waals surface area (Å²) < 4.78 is 29.4. The monoisotopic (exact) mass is 484 g/mol. The van der Waals surface area contributed by atoms with Gasteiger partial charge in [-0.25, -0.2) is 28.8 Å². The van der Waals surface area contributed by atoms with E-state index in [-0.39, 0.29) is 37.4 Å². The number of esters is 4. The van der Waals surface area contributed by atoms with Crippen LogP contribution in [0.5, 0.6) is 0 Å². The van der Waals surface area contributed by atoms with Gasteiger partial charge in [0.2, 0.25) is 12.2 Å². The maximum Gasteiger partial charge on any atom is 0.408 e. The van der Waals surface area contributed by atoms with Crippen LogP contribution in [0.1, 0.15) is 13.8 Å². The maximum absolute atomic E-state index is 12.1. The number of nitrogens with one attached hydrogen (secondary N) is 2. The Morgan fingerprint density at radius 2 is 1.12 bits per heavy atom. The highest BCUT2D eigenvalue weighted by Gasteiger charge is 2.61. The van der Waals surface area contributed by atoms with E-state index in [2.05, 4.69) is 23.8 Å². The number of carbonyl (C=O) groups is 6. The van der Waals surface area contributed by atoms with E-state index in [1.54, 1.807) is 0 Å². The standard InChI is InChI=1S/C20H24N2O12/c1-9(2)15(23)29-7-5-21-19(27)33-13-11-12(32-17(13)25)14(18(26)31-11)34-20(28)22-6-8-30-16(24)10(3)4/h11-14H,1,3,5-8H2,2,4H3,(H,21,27)(H,22,28)/t11?,12?,13-,14-/m1/s1. The summed E-state index contributed by atoms with van der Waals surface area (Å²) in [5.41, 5.74) is 0.365. The summed E-state index contributed by atoms with van der Waals surface area (Å²) in [6.45, 7) is 9.12. The molecule has 0 aromatic rings. The third-order valence-electron chi connectivity index (χ3n) is 4.26. The van der Waals surface area contributed by atoms with Crippen molar-refractivity contribution in [3.05, 3.63) is 24.3 Å². The maximum atomic E-state index is 12.1. The normalized spacial score (nSPS) is 22.4. The van der Waals surface area contributed by atoms with Gasteiger partial charge in [-0.15, -0.1) is 0 Å². The molecule has 0 bridgehead atoms. The molecule has 2 rings (SSSR count). The first-order valence-corrected chi connectivity index (χ1v) is 9.96. The number of amides is 2. The van der Waals surface area contributed by atoms with Gasteiger partial charge < -0.3 is 39.1 Å². The Hall–Kier alpha value is -4.10. The zero-order chi connectivity index (χ0) is 25.4. The minimum absolute atomic E-state index is 0.124. The fraction of sp³-hybridized carbons (Fsp3) is 0.500. The predicted octanol–water partition coefficient (Wildman–Crippen LogP) is -0.735. The first-order chi connectivity index (χ1) is 16.0. The van der Waals surface area contributed by atoms with Crippen LogP contribution in [-0.4, -0.2) is 86.8 Å². The SMILES string of the molecule is C=C(C)C(=O)OCCNC(=O)O[C@H]1C(=O)OC2C1OC(=O)[C@@H]2OC(=O)NCCOC(=O)C(=C)C. The van der Waals surface area contributed by atoms with E-state index in [0.29, 0.717) is 0 Å². The lowest BCUT2D eigenvalue weighted by molar-refractivity contribution is -0.159. The lowest BCUT2D eigenvalue weighted by atomic mass is 10.1. The Kier molecular flexibility index (Phi) is 8.98. The van der Waals surface area contributed by atoms with Crippen LogP contribution in [0.15, 0.2) is 24.3 Å². The summed E-state index contributed by atoms with van der Waals surface area (Å²) in [7, 11) is 0. The van der Waals surface area contributed by atoms with Gasteiger partial charge in [0, 0.05) is 11.1 Å². The molecule has 34 heavy (non-hydrogen) atoms. The first-order valence-electron chi connectivity index (χ1n) is 9.96. The van der Waals surface area contributed by atoms with Crippen LogP contribution in [-0.2, 0) is 47.6 Å². The molecule has 186 valence electrons. The van der Waals surface area contributed by atoms with E-state index >= 15 is 0 Å². The Bertz CT molecular complexity index is 826. The van der Waals surface area contributed by atoms with Gasteiger partial charge >= 0.3 is 36.1 Å². The third-order valence-corrected chi connectivity index (χ3v) is 4.26. The van der Waals surface area contributed by atoms with E-state index in [4.69, 9.17) is 28.4 Å². The molecule has 4 atom stereocenters. The van der Waals surface area contributed by atoms with Crippen molar-refractivity contribution in [1.82, 2.24) is 10.6 Å². The van der Waals surface area contributed by atoms with E-state index in [1.165, 1.54) is 13.8 Å². The smallest absolute Gasteiger partial charge is 0.408 e. The van der Waals surface area contributed by atoms with Crippen molar-refractivity contribution in [2.45, 2.75) is 38.3 Å². The van der Waals surface area contributed by atoms with Crippen molar-refractivity contribution in [3.8, 4) is 0 Å². The average molecular weight is 484 g/mol.